The van der Waals surface area contributed by atoms with Crippen LogP contribution in [0.4, 0.5) is 5.13 Å². The Bertz CT molecular complexity index is 728. The zero-order chi connectivity index (χ0) is 16.2. The summed E-state index contributed by atoms with van der Waals surface area (Å²) >= 11 is 1.29. The van der Waals surface area contributed by atoms with Gasteiger partial charge in [-0.15, -0.1) is 11.3 Å². The Balaban J connectivity index is 1.61. The summed E-state index contributed by atoms with van der Waals surface area (Å²) in [5, 5.41) is 5.01. The van der Waals surface area contributed by atoms with Crippen LogP contribution in [0.1, 0.15) is 11.3 Å². The van der Waals surface area contributed by atoms with Crippen LogP contribution in [0.25, 0.3) is 0 Å². The zero-order valence-electron chi connectivity index (χ0n) is 12.6. The van der Waals surface area contributed by atoms with Crippen molar-refractivity contribution < 1.29 is 19.1 Å². The highest BCUT2D eigenvalue weighted by atomic mass is 32.1. The molecule has 0 saturated carbocycles. The maximum absolute atomic E-state index is 12.3. The number of anilines is 1. The average molecular weight is 332 g/mol. The standard InChI is InChI=1S/C16H16N2O4S/c1-21-14(19)7-12-9-23-16(17-12)18-15(20)11-6-10-4-2-3-5-13(10)22-8-11/h2-5,9,11H,6-8H2,1H3,(H,17,18,20)/t11-/m1/s1. The molecule has 1 aliphatic rings. The Morgan fingerprint density at radius 2 is 2.26 bits per heavy atom. The summed E-state index contributed by atoms with van der Waals surface area (Å²) in [6.07, 6.45) is 0.741. The van der Waals surface area contributed by atoms with Crippen molar-refractivity contribution in [2.45, 2.75) is 12.8 Å². The van der Waals surface area contributed by atoms with Gasteiger partial charge in [0.1, 0.15) is 12.4 Å². The van der Waals surface area contributed by atoms with Crippen molar-refractivity contribution in [2.24, 2.45) is 5.92 Å². The zero-order valence-corrected chi connectivity index (χ0v) is 13.4. The van der Waals surface area contributed by atoms with Crippen molar-refractivity contribution in [3.8, 4) is 5.75 Å². The summed E-state index contributed by atoms with van der Waals surface area (Å²) in [5.74, 6) is 0.105. The first-order chi connectivity index (χ1) is 11.2. The van der Waals surface area contributed by atoms with E-state index < -0.39 is 0 Å². The van der Waals surface area contributed by atoms with Crippen LogP contribution in [0.5, 0.6) is 5.75 Å². The lowest BCUT2D eigenvalue weighted by Gasteiger charge is -2.24. The maximum Gasteiger partial charge on any atom is 0.311 e. The number of para-hydroxylation sites is 1. The minimum Gasteiger partial charge on any atom is -0.492 e. The number of benzene rings is 1. The molecule has 23 heavy (non-hydrogen) atoms. The number of carbonyl (C=O) groups excluding carboxylic acids is 2. The van der Waals surface area contributed by atoms with Crippen LogP contribution < -0.4 is 10.1 Å². The van der Waals surface area contributed by atoms with Gasteiger partial charge < -0.3 is 14.8 Å². The molecular formula is C16H16N2O4S. The van der Waals surface area contributed by atoms with Gasteiger partial charge in [0.15, 0.2) is 5.13 Å². The molecule has 1 atom stereocenters. The average Bonchev–Trinajstić information content (AvgIpc) is 3.01. The molecule has 2 heterocycles. The van der Waals surface area contributed by atoms with Crippen LogP contribution in [0, 0.1) is 5.92 Å². The predicted octanol–water partition coefficient (Wildman–Crippen LogP) is 2.05. The molecule has 0 aliphatic carbocycles. The van der Waals surface area contributed by atoms with Crippen molar-refractivity contribution >= 4 is 28.3 Å². The van der Waals surface area contributed by atoms with Crippen LogP contribution >= 0.6 is 11.3 Å². The Kier molecular flexibility index (Phi) is 4.57. The molecule has 7 heteroatoms. The third-order valence-electron chi connectivity index (χ3n) is 3.58. The molecule has 120 valence electrons. The molecule has 0 saturated heterocycles. The highest BCUT2D eigenvalue weighted by Crippen LogP contribution is 2.27. The van der Waals surface area contributed by atoms with E-state index in [1.165, 1.54) is 18.4 Å². The van der Waals surface area contributed by atoms with Gasteiger partial charge >= 0.3 is 5.97 Å². The summed E-state index contributed by atoms with van der Waals surface area (Å²) in [5.41, 5.74) is 1.62. The van der Waals surface area contributed by atoms with E-state index in [1.807, 2.05) is 24.3 Å². The SMILES string of the molecule is COC(=O)Cc1csc(NC(=O)[C@H]2COc3ccccc3C2)n1. The van der Waals surface area contributed by atoms with Gasteiger partial charge in [-0.2, -0.15) is 0 Å². The number of amides is 1. The van der Waals surface area contributed by atoms with Gasteiger partial charge in [-0.25, -0.2) is 4.98 Å². The molecule has 6 nitrogen and oxygen atoms in total. The van der Waals surface area contributed by atoms with Gasteiger partial charge in [0.25, 0.3) is 0 Å². The number of nitrogens with one attached hydrogen (secondary N) is 1. The molecule has 1 amide bonds. The number of esters is 1. The molecule has 2 aromatic rings. The summed E-state index contributed by atoms with van der Waals surface area (Å²) in [6, 6.07) is 7.72. The minimum absolute atomic E-state index is 0.1000. The molecule has 1 aromatic carbocycles. The maximum atomic E-state index is 12.3. The van der Waals surface area contributed by atoms with Crippen molar-refractivity contribution in [1.29, 1.82) is 0 Å². The van der Waals surface area contributed by atoms with Gasteiger partial charge in [0.2, 0.25) is 5.91 Å². The number of carbonyl (C=O) groups is 2. The van der Waals surface area contributed by atoms with E-state index in [9.17, 15) is 9.59 Å². The predicted molar refractivity (Wildman–Crippen MR) is 85.6 cm³/mol. The molecule has 0 spiro atoms. The number of nitrogens with zero attached hydrogens (tertiary/aromatic N) is 1. The molecule has 1 N–H and O–H groups in total. The quantitative estimate of drug-likeness (QED) is 0.867. The topological polar surface area (TPSA) is 77.5 Å². The van der Waals surface area contributed by atoms with E-state index in [1.54, 1.807) is 5.38 Å². The summed E-state index contributed by atoms with van der Waals surface area (Å²) < 4.78 is 10.2. The number of methoxy groups -OCH3 is 1. The van der Waals surface area contributed by atoms with Gasteiger partial charge in [-0.05, 0) is 18.1 Å². The van der Waals surface area contributed by atoms with Crippen molar-refractivity contribution in [3.63, 3.8) is 0 Å². The number of hydrogen-bond acceptors (Lipinski definition) is 6. The molecule has 0 bridgehead atoms. The fraction of sp³-hybridized carbons (Fsp3) is 0.312. The Labute approximate surface area is 137 Å². The van der Waals surface area contributed by atoms with Crippen LogP contribution in [0.2, 0.25) is 0 Å². The van der Waals surface area contributed by atoms with Crippen molar-refractivity contribution in [1.82, 2.24) is 4.98 Å². The molecule has 0 unspecified atom stereocenters. The molecule has 1 aliphatic heterocycles. The first-order valence-corrected chi connectivity index (χ1v) is 8.06. The second-order valence-corrected chi connectivity index (χ2v) is 6.06. The largest absolute Gasteiger partial charge is 0.492 e. The minimum atomic E-state index is -0.356. The molecule has 3 rings (SSSR count). The number of hydrogen-bond donors (Lipinski definition) is 1. The van der Waals surface area contributed by atoms with Gasteiger partial charge in [0, 0.05) is 5.38 Å². The van der Waals surface area contributed by atoms with Crippen LogP contribution in [-0.4, -0.2) is 30.6 Å². The van der Waals surface area contributed by atoms with Crippen molar-refractivity contribution in [2.75, 3.05) is 19.0 Å². The second-order valence-electron chi connectivity index (χ2n) is 5.21. The number of fused-ring (bicyclic) bond motifs is 1. The first-order valence-electron chi connectivity index (χ1n) is 7.18. The second kappa shape index (κ2) is 6.78. The van der Waals surface area contributed by atoms with Crippen LogP contribution in [0.3, 0.4) is 0 Å². The van der Waals surface area contributed by atoms with Crippen LogP contribution in [0.15, 0.2) is 29.6 Å². The Morgan fingerprint density at radius 3 is 3.09 bits per heavy atom. The highest BCUT2D eigenvalue weighted by Gasteiger charge is 2.26. The lowest BCUT2D eigenvalue weighted by molar-refractivity contribution is -0.139. The summed E-state index contributed by atoms with van der Waals surface area (Å²) in [7, 11) is 1.33. The van der Waals surface area contributed by atoms with Crippen LogP contribution in [-0.2, 0) is 27.2 Å². The number of aromatic nitrogens is 1. The molecule has 0 fully saturated rings. The van der Waals surface area contributed by atoms with Gasteiger partial charge in [0.05, 0.1) is 25.1 Å². The summed E-state index contributed by atoms with van der Waals surface area (Å²) in [4.78, 5) is 27.8. The third-order valence-corrected chi connectivity index (χ3v) is 4.39. The van der Waals surface area contributed by atoms with E-state index in [4.69, 9.17) is 4.74 Å². The Morgan fingerprint density at radius 1 is 1.43 bits per heavy atom. The number of thiazole rings is 1. The van der Waals surface area contributed by atoms with Gasteiger partial charge in [-0.1, -0.05) is 18.2 Å². The fourth-order valence-corrected chi connectivity index (χ4v) is 3.08. The number of ether oxygens (including phenoxy) is 2. The van der Waals surface area contributed by atoms with E-state index in [-0.39, 0.29) is 24.2 Å². The summed E-state index contributed by atoms with van der Waals surface area (Å²) in [6.45, 7) is 0.350. The molecule has 1 aromatic heterocycles. The Hall–Kier alpha value is -2.41. The first kappa shape index (κ1) is 15.5. The fourth-order valence-electron chi connectivity index (χ4n) is 2.37. The van der Waals surface area contributed by atoms with E-state index in [0.717, 1.165) is 11.3 Å². The van der Waals surface area contributed by atoms with Crippen molar-refractivity contribution in [3.05, 3.63) is 40.9 Å². The van der Waals surface area contributed by atoms with E-state index in [2.05, 4.69) is 15.0 Å². The number of rotatable bonds is 4. The lowest BCUT2D eigenvalue weighted by Crippen LogP contribution is -2.32. The molecular weight excluding hydrogens is 316 g/mol. The third kappa shape index (κ3) is 3.68. The highest BCUT2D eigenvalue weighted by molar-refractivity contribution is 7.13. The normalized spacial score (nSPS) is 16.1. The smallest absolute Gasteiger partial charge is 0.311 e. The monoisotopic (exact) mass is 332 g/mol. The van der Waals surface area contributed by atoms with Gasteiger partial charge in [-0.3, -0.25) is 9.59 Å². The lowest BCUT2D eigenvalue weighted by atomic mass is 9.96. The van der Waals surface area contributed by atoms with E-state index in [0.29, 0.717) is 23.9 Å². The van der Waals surface area contributed by atoms with E-state index >= 15 is 0 Å². The molecule has 0 radical (unpaired) electrons.